The zero-order valence-corrected chi connectivity index (χ0v) is 20.1. The maximum absolute atomic E-state index is 14.2. The molecule has 33 heavy (non-hydrogen) atoms. The molecule has 0 unspecified atom stereocenters. The van der Waals surface area contributed by atoms with Crippen LogP contribution in [0.3, 0.4) is 0 Å². The maximum Gasteiger partial charge on any atom is 0.226 e. The summed E-state index contributed by atoms with van der Waals surface area (Å²) in [6.07, 6.45) is 3.14. The highest BCUT2D eigenvalue weighted by atomic mass is 35.5. The lowest BCUT2D eigenvalue weighted by Crippen LogP contribution is -2.47. The van der Waals surface area contributed by atoms with E-state index in [1.807, 2.05) is 13.0 Å². The Kier molecular flexibility index (Phi) is 8.57. The van der Waals surface area contributed by atoms with Crippen LogP contribution in [0.15, 0.2) is 55.1 Å². The lowest BCUT2D eigenvalue weighted by atomic mass is 9.72. The summed E-state index contributed by atoms with van der Waals surface area (Å²) >= 11 is 12.1. The third-order valence-electron chi connectivity index (χ3n) is 6.46. The molecule has 7 heteroatoms. The molecule has 0 spiro atoms. The molecule has 0 aliphatic heterocycles. The first-order valence-electron chi connectivity index (χ1n) is 11.1. The zero-order valence-electron chi connectivity index (χ0n) is 18.6. The maximum atomic E-state index is 14.2. The number of amides is 1. The van der Waals surface area contributed by atoms with Gasteiger partial charge in [0.2, 0.25) is 5.91 Å². The van der Waals surface area contributed by atoms with Crippen molar-refractivity contribution >= 4 is 29.1 Å². The standard InChI is InChI=1S/C26H30Cl2FNO3/c1-3-11-26(2,25(33)30-23(15-31)16-7-8-16)14-20(17-5-4-6-19(27)12-17)24(32)18-9-10-21(28)22(29)13-18/h3-6,9-10,12-13,16,20,23-24,31-32H,1,7-8,11,14-15H2,2H3,(H,30,33)/t20-,23-,24-,26+/m1/s1. The van der Waals surface area contributed by atoms with E-state index in [9.17, 15) is 19.4 Å². The molecule has 0 heterocycles. The van der Waals surface area contributed by atoms with Gasteiger partial charge in [-0.25, -0.2) is 4.39 Å². The smallest absolute Gasteiger partial charge is 0.226 e. The summed E-state index contributed by atoms with van der Waals surface area (Å²) in [7, 11) is 0. The summed E-state index contributed by atoms with van der Waals surface area (Å²) in [5, 5.41) is 24.5. The number of halogens is 3. The number of carbonyl (C=O) groups is 1. The minimum Gasteiger partial charge on any atom is -0.394 e. The van der Waals surface area contributed by atoms with Gasteiger partial charge in [0, 0.05) is 10.9 Å². The second-order valence-electron chi connectivity index (χ2n) is 9.14. The minimum atomic E-state index is -1.11. The van der Waals surface area contributed by atoms with Crippen LogP contribution in [0.5, 0.6) is 0 Å². The highest BCUT2D eigenvalue weighted by molar-refractivity contribution is 6.31. The van der Waals surface area contributed by atoms with Gasteiger partial charge in [-0.1, -0.05) is 54.4 Å². The van der Waals surface area contributed by atoms with Crippen molar-refractivity contribution in [1.82, 2.24) is 5.32 Å². The first kappa shape index (κ1) is 25.7. The molecule has 1 aliphatic rings. The van der Waals surface area contributed by atoms with E-state index in [2.05, 4.69) is 11.9 Å². The fraction of sp³-hybridized carbons (Fsp3) is 0.423. The van der Waals surface area contributed by atoms with E-state index < -0.39 is 23.3 Å². The first-order valence-corrected chi connectivity index (χ1v) is 11.9. The van der Waals surface area contributed by atoms with Gasteiger partial charge >= 0.3 is 0 Å². The van der Waals surface area contributed by atoms with Crippen LogP contribution >= 0.6 is 23.2 Å². The average Bonchev–Trinajstić information content (AvgIpc) is 3.62. The van der Waals surface area contributed by atoms with Gasteiger partial charge in [0.1, 0.15) is 5.82 Å². The second-order valence-corrected chi connectivity index (χ2v) is 9.98. The Labute approximate surface area is 204 Å². The van der Waals surface area contributed by atoms with Crippen molar-refractivity contribution in [2.75, 3.05) is 6.61 Å². The Hall–Kier alpha value is -1.92. The summed E-state index contributed by atoms with van der Waals surface area (Å²) in [6, 6.07) is 11.0. The van der Waals surface area contributed by atoms with Gasteiger partial charge in [-0.3, -0.25) is 4.79 Å². The average molecular weight is 494 g/mol. The Bertz CT molecular complexity index is 997. The molecular weight excluding hydrogens is 464 g/mol. The molecule has 1 amide bonds. The van der Waals surface area contributed by atoms with Crippen LogP contribution in [0.1, 0.15) is 55.8 Å². The monoisotopic (exact) mass is 493 g/mol. The van der Waals surface area contributed by atoms with E-state index in [0.717, 1.165) is 18.4 Å². The fourth-order valence-corrected chi connectivity index (χ4v) is 4.62. The van der Waals surface area contributed by atoms with Crippen LogP contribution in [-0.4, -0.2) is 28.8 Å². The molecule has 4 atom stereocenters. The van der Waals surface area contributed by atoms with Gasteiger partial charge < -0.3 is 15.5 Å². The van der Waals surface area contributed by atoms with E-state index in [1.165, 1.54) is 12.1 Å². The Morgan fingerprint density at radius 3 is 2.58 bits per heavy atom. The second kappa shape index (κ2) is 11.0. The van der Waals surface area contributed by atoms with Crippen LogP contribution < -0.4 is 5.32 Å². The summed E-state index contributed by atoms with van der Waals surface area (Å²) in [4.78, 5) is 13.4. The van der Waals surface area contributed by atoms with Gasteiger partial charge in [-0.15, -0.1) is 6.58 Å². The fourth-order valence-electron chi connectivity index (χ4n) is 4.30. The molecule has 0 radical (unpaired) electrons. The Morgan fingerprint density at radius 2 is 2.00 bits per heavy atom. The molecule has 0 bridgehead atoms. The number of hydrogen-bond acceptors (Lipinski definition) is 3. The molecule has 3 N–H and O–H groups in total. The lowest BCUT2D eigenvalue weighted by molar-refractivity contribution is -0.132. The van der Waals surface area contributed by atoms with Crippen LogP contribution in [0, 0.1) is 17.2 Å². The van der Waals surface area contributed by atoms with Crippen molar-refractivity contribution in [1.29, 1.82) is 0 Å². The van der Waals surface area contributed by atoms with E-state index in [0.29, 0.717) is 22.9 Å². The summed E-state index contributed by atoms with van der Waals surface area (Å²) < 4.78 is 14.2. The molecule has 1 fully saturated rings. The van der Waals surface area contributed by atoms with E-state index in [-0.39, 0.29) is 30.0 Å². The minimum absolute atomic E-state index is 0.0312. The van der Waals surface area contributed by atoms with Crippen molar-refractivity contribution in [3.05, 3.63) is 82.1 Å². The highest BCUT2D eigenvalue weighted by Crippen LogP contribution is 2.43. The number of aliphatic hydroxyl groups excluding tert-OH is 2. The van der Waals surface area contributed by atoms with Crippen LogP contribution in [-0.2, 0) is 4.79 Å². The zero-order chi connectivity index (χ0) is 24.2. The molecule has 1 aliphatic carbocycles. The number of benzene rings is 2. The van der Waals surface area contributed by atoms with Crippen LogP contribution in [0.2, 0.25) is 10.0 Å². The largest absolute Gasteiger partial charge is 0.394 e. The Morgan fingerprint density at radius 1 is 1.27 bits per heavy atom. The Balaban J connectivity index is 1.95. The molecular formula is C26H30Cl2FNO3. The molecule has 0 saturated heterocycles. The quantitative estimate of drug-likeness (QED) is 0.346. The van der Waals surface area contributed by atoms with Crippen molar-refractivity contribution < 1.29 is 19.4 Å². The van der Waals surface area contributed by atoms with Crippen LogP contribution in [0.4, 0.5) is 4.39 Å². The van der Waals surface area contributed by atoms with Crippen molar-refractivity contribution in [3.63, 3.8) is 0 Å². The number of aliphatic hydroxyl groups is 2. The van der Waals surface area contributed by atoms with Crippen molar-refractivity contribution in [2.45, 2.75) is 50.7 Å². The number of nitrogens with one attached hydrogen (secondary N) is 1. The summed E-state index contributed by atoms with van der Waals surface area (Å²) in [5.74, 6) is -1.11. The molecule has 2 aromatic carbocycles. The number of hydrogen-bond donors (Lipinski definition) is 3. The van der Waals surface area contributed by atoms with Crippen LogP contribution in [0.25, 0.3) is 0 Å². The van der Waals surface area contributed by atoms with E-state index in [1.54, 1.807) is 30.3 Å². The van der Waals surface area contributed by atoms with Crippen molar-refractivity contribution in [3.8, 4) is 0 Å². The number of rotatable bonds is 11. The molecule has 0 aromatic heterocycles. The predicted octanol–water partition coefficient (Wildman–Crippen LogP) is 5.81. The SMILES string of the molecule is C=CC[C@@](C)(C[C@H](c1cccc(Cl)c1)[C@H](O)c1ccc(Cl)c(F)c1)C(=O)N[C@H](CO)C1CC1. The topological polar surface area (TPSA) is 69.6 Å². The molecule has 1 saturated carbocycles. The molecule has 2 aromatic rings. The van der Waals surface area contributed by atoms with Gasteiger partial charge in [-0.05, 0) is 67.0 Å². The third kappa shape index (κ3) is 6.36. The van der Waals surface area contributed by atoms with Gasteiger partial charge in [0.25, 0.3) is 0 Å². The van der Waals surface area contributed by atoms with Crippen molar-refractivity contribution in [2.24, 2.45) is 11.3 Å². The van der Waals surface area contributed by atoms with E-state index in [4.69, 9.17) is 23.2 Å². The normalized spacial score (nSPS) is 18.1. The molecule has 4 nitrogen and oxygen atoms in total. The molecule has 3 rings (SSSR count). The number of allylic oxidation sites excluding steroid dienone is 1. The lowest BCUT2D eigenvalue weighted by Gasteiger charge is -2.35. The van der Waals surface area contributed by atoms with Gasteiger partial charge in [0.05, 0.1) is 29.2 Å². The third-order valence-corrected chi connectivity index (χ3v) is 7.00. The van der Waals surface area contributed by atoms with E-state index >= 15 is 0 Å². The summed E-state index contributed by atoms with van der Waals surface area (Å²) in [5.41, 5.74) is 0.159. The number of carbonyl (C=O) groups excluding carboxylic acids is 1. The summed E-state index contributed by atoms with van der Waals surface area (Å²) in [6.45, 7) is 5.51. The highest BCUT2D eigenvalue weighted by Gasteiger charge is 2.41. The first-order chi connectivity index (χ1) is 15.7. The van der Waals surface area contributed by atoms with Gasteiger partial charge in [-0.2, -0.15) is 0 Å². The molecule has 178 valence electrons. The predicted molar refractivity (Wildman–Crippen MR) is 130 cm³/mol. The van der Waals surface area contributed by atoms with Gasteiger partial charge in [0.15, 0.2) is 0 Å².